The zero-order valence-electron chi connectivity index (χ0n) is 16.9. The summed E-state index contributed by atoms with van der Waals surface area (Å²) in [5, 5.41) is 14.8. The molecule has 0 aliphatic heterocycles. The molecule has 2 aromatic carbocycles. The van der Waals surface area contributed by atoms with Crippen LogP contribution in [0.2, 0.25) is 10.0 Å². The highest BCUT2D eigenvalue weighted by molar-refractivity contribution is 6.41. The highest BCUT2D eigenvalue weighted by Crippen LogP contribution is 2.44. The number of nitrogens with one attached hydrogen (secondary N) is 3. The standard InChI is InChI=1S/C22H22Cl2N4O2/c1-4-5-10-25-16-9-7-6-8-15(16)17-11-14(27-28-17)13-26-22-20(23)18(29-2)12-19(30-3)21(22)24/h6-9,11-12,25-26H,10,13H2,1-3H3,(H,27,28). The molecule has 0 amide bonds. The van der Waals surface area contributed by atoms with Gasteiger partial charge in [0.25, 0.3) is 0 Å². The lowest BCUT2D eigenvalue weighted by Crippen LogP contribution is -2.03. The lowest BCUT2D eigenvalue weighted by Gasteiger charge is -2.15. The Balaban J connectivity index is 1.80. The Morgan fingerprint density at radius 2 is 1.73 bits per heavy atom. The van der Waals surface area contributed by atoms with Gasteiger partial charge in [0.2, 0.25) is 0 Å². The zero-order chi connectivity index (χ0) is 21.5. The number of hydrogen-bond donors (Lipinski definition) is 3. The third kappa shape index (κ3) is 4.76. The fraction of sp³-hybridized carbons (Fsp3) is 0.227. The Labute approximate surface area is 185 Å². The van der Waals surface area contributed by atoms with E-state index in [1.54, 1.807) is 6.07 Å². The molecular formula is C22H22Cl2N4O2. The molecule has 6 nitrogen and oxygen atoms in total. The van der Waals surface area contributed by atoms with Gasteiger partial charge in [0.1, 0.15) is 21.5 Å². The fourth-order valence-corrected chi connectivity index (χ4v) is 3.54. The normalized spacial score (nSPS) is 10.2. The second-order valence-electron chi connectivity index (χ2n) is 6.24. The molecule has 8 heteroatoms. The molecule has 1 aromatic heterocycles. The van der Waals surface area contributed by atoms with E-state index < -0.39 is 0 Å². The number of hydrogen-bond acceptors (Lipinski definition) is 5. The molecule has 0 unspecified atom stereocenters. The van der Waals surface area contributed by atoms with Crippen molar-refractivity contribution in [2.24, 2.45) is 0 Å². The Morgan fingerprint density at radius 1 is 1.03 bits per heavy atom. The number of aromatic nitrogens is 2. The van der Waals surface area contributed by atoms with Crippen molar-refractivity contribution in [3.05, 3.63) is 52.1 Å². The summed E-state index contributed by atoms with van der Waals surface area (Å²) >= 11 is 12.8. The number of ether oxygens (including phenoxy) is 2. The molecule has 1 heterocycles. The lowest BCUT2D eigenvalue weighted by molar-refractivity contribution is 0.395. The van der Waals surface area contributed by atoms with Gasteiger partial charge < -0.3 is 20.1 Å². The molecule has 0 saturated heterocycles. The van der Waals surface area contributed by atoms with Crippen molar-refractivity contribution >= 4 is 34.6 Å². The van der Waals surface area contributed by atoms with Crippen molar-refractivity contribution in [2.45, 2.75) is 13.5 Å². The minimum Gasteiger partial charge on any atom is -0.495 e. The maximum atomic E-state index is 6.42. The Bertz CT molecular complexity index is 1060. The topological polar surface area (TPSA) is 71.2 Å². The average Bonchev–Trinajstić information content (AvgIpc) is 3.23. The number of nitrogens with zero attached hydrogens (tertiary/aromatic N) is 1. The van der Waals surface area contributed by atoms with Crippen molar-refractivity contribution in [3.63, 3.8) is 0 Å². The number of anilines is 2. The minimum absolute atomic E-state index is 0.384. The van der Waals surface area contributed by atoms with Crippen LogP contribution >= 0.6 is 23.2 Å². The molecule has 0 fully saturated rings. The van der Waals surface area contributed by atoms with Crippen LogP contribution < -0.4 is 20.1 Å². The summed E-state index contributed by atoms with van der Waals surface area (Å²) in [5.74, 6) is 6.83. The number of benzene rings is 2. The van der Waals surface area contributed by atoms with Crippen LogP contribution in [0, 0.1) is 11.8 Å². The van der Waals surface area contributed by atoms with Crippen LogP contribution in [-0.4, -0.2) is 31.0 Å². The number of H-pyrrole nitrogens is 1. The van der Waals surface area contributed by atoms with E-state index in [9.17, 15) is 0 Å². The molecule has 0 saturated carbocycles. The molecule has 0 aliphatic rings. The van der Waals surface area contributed by atoms with Crippen LogP contribution in [0.15, 0.2) is 36.4 Å². The molecule has 30 heavy (non-hydrogen) atoms. The van der Waals surface area contributed by atoms with Crippen LogP contribution in [0.25, 0.3) is 11.3 Å². The molecule has 0 aliphatic carbocycles. The van der Waals surface area contributed by atoms with Crippen molar-refractivity contribution in [2.75, 3.05) is 31.4 Å². The van der Waals surface area contributed by atoms with E-state index in [0.29, 0.717) is 40.3 Å². The van der Waals surface area contributed by atoms with Crippen molar-refractivity contribution in [1.82, 2.24) is 10.2 Å². The Hall–Kier alpha value is -3.01. The van der Waals surface area contributed by atoms with Gasteiger partial charge in [-0.3, -0.25) is 5.10 Å². The van der Waals surface area contributed by atoms with Gasteiger partial charge in [-0.15, -0.1) is 5.92 Å². The molecule has 156 valence electrons. The van der Waals surface area contributed by atoms with Crippen LogP contribution in [-0.2, 0) is 6.54 Å². The quantitative estimate of drug-likeness (QED) is 0.403. The summed E-state index contributed by atoms with van der Waals surface area (Å²) in [6.45, 7) is 2.82. The summed E-state index contributed by atoms with van der Waals surface area (Å²) in [6.07, 6.45) is 0. The van der Waals surface area contributed by atoms with Gasteiger partial charge >= 0.3 is 0 Å². The van der Waals surface area contributed by atoms with E-state index in [1.165, 1.54) is 14.2 Å². The van der Waals surface area contributed by atoms with E-state index >= 15 is 0 Å². The third-order valence-corrected chi connectivity index (χ3v) is 5.16. The number of methoxy groups -OCH3 is 2. The predicted molar refractivity (Wildman–Crippen MR) is 123 cm³/mol. The van der Waals surface area contributed by atoms with Gasteiger partial charge in [-0.25, -0.2) is 0 Å². The third-order valence-electron chi connectivity index (χ3n) is 4.41. The first-order valence-corrected chi connectivity index (χ1v) is 9.95. The summed E-state index contributed by atoms with van der Waals surface area (Å²) < 4.78 is 10.6. The highest BCUT2D eigenvalue weighted by atomic mass is 35.5. The average molecular weight is 445 g/mol. The molecular weight excluding hydrogens is 423 g/mol. The van der Waals surface area contributed by atoms with Crippen LogP contribution in [0.5, 0.6) is 11.5 Å². The van der Waals surface area contributed by atoms with Gasteiger partial charge in [0.05, 0.1) is 44.4 Å². The van der Waals surface area contributed by atoms with E-state index in [4.69, 9.17) is 32.7 Å². The van der Waals surface area contributed by atoms with Gasteiger partial charge in [0.15, 0.2) is 0 Å². The van der Waals surface area contributed by atoms with Gasteiger partial charge in [0, 0.05) is 17.3 Å². The molecule has 3 N–H and O–H groups in total. The van der Waals surface area contributed by atoms with Gasteiger partial charge in [-0.05, 0) is 19.1 Å². The number of para-hydroxylation sites is 1. The SMILES string of the molecule is CC#CCNc1ccccc1-c1cc(CNc2c(Cl)c(OC)cc(OC)c2Cl)[nH]n1. The van der Waals surface area contributed by atoms with E-state index in [0.717, 1.165) is 22.6 Å². The minimum atomic E-state index is 0.384. The first kappa shape index (κ1) is 21.7. The van der Waals surface area contributed by atoms with Crippen LogP contribution in [0.4, 0.5) is 11.4 Å². The molecule has 0 radical (unpaired) electrons. The summed E-state index contributed by atoms with van der Waals surface area (Å²) in [5.41, 5.74) is 4.17. The molecule has 0 bridgehead atoms. The van der Waals surface area contributed by atoms with Crippen LogP contribution in [0.3, 0.4) is 0 Å². The monoisotopic (exact) mass is 444 g/mol. The second-order valence-corrected chi connectivity index (χ2v) is 7.00. The van der Waals surface area contributed by atoms with Gasteiger partial charge in [-0.1, -0.05) is 47.3 Å². The smallest absolute Gasteiger partial charge is 0.143 e. The van der Waals surface area contributed by atoms with Crippen LogP contribution in [0.1, 0.15) is 12.6 Å². The number of rotatable bonds is 8. The predicted octanol–water partition coefficient (Wildman–Crippen LogP) is 5.45. The number of aromatic amines is 1. The highest BCUT2D eigenvalue weighted by Gasteiger charge is 2.17. The van der Waals surface area contributed by atoms with Crippen molar-refractivity contribution in [3.8, 4) is 34.6 Å². The maximum Gasteiger partial charge on any atom is 0.143 e. The van der Waals surface area contributed by atoms with Crippen molar-refractivity contribution in [1.29, 1.82) is 0 Å². The molecule has 3 aromatic rings. The van der Waals surface area contributed by atoms with E-state index in [-0.39, 0.29) is 0 Å². The molecule has 0 spiro atoms. The number of halogens is 2. The zero-order valence-corrected chi connectivity index (χ0v) is 18.4. The largest absolute Gasteiger partial charge is 0.495 e. The molecule has 0 atom stereocenters. The Morgan fingerprint density at radius 3 is 2.40 bits per heavy atom. The fourth-order valence-electron chi connectivity index (χ4n) is 2.90. The molecule has 3 rings (SSSR count). The summed E-state index contributed by atoms with van der Waals surface area (Å²) in [4.78, 5) is 0. The van der Waals surface area contributed by atoms with Crippen molar-refractivity contribution < 1.29 is 9.47 Å². The van der Waals surface area contributed by atoms with E-state index in [1.807, 2.05) is 37.3 Å². The summed E-state index contributed by atoms with van der Waals surface area (Å²) in [7, 11) is 3.08. The van der Waals surface area contributed by atoms with Gasteiger partial charge in [-0.2, -0.15) is 5.10 Å². The van der Waals surface area contributed by atoms with E-state index in [2.05, 4.69) is 32.7 Å². The first-order valence-electron chi connectivity index (χ1n) is 9.20. The summed E-state index contributed by atoms with van der Waals surface area (Å²) in [6, 6.07) is 11.6. The maximum absolute atomic E-state index is 6.42. The first-order chi connectivity index (χ1) is 14.6. The Kier molecular flexibility index (Phi) is 7.34. The lowest BCUT2D eigenvalue weighted by atomic mass is 10.1. The second kappa shape index (κ2) is 10.1.